The largest absolute Gasteiger partial charge is 0.378 e. The van der Waals surface area contributed by atoms with Crippen molar-refractivity contribution in [3.05, 3.63) is 12.3 Å². The van der Waals surface area contributed by atoms with Gasteiger partial charge in [0.2, 0.25) is 0 Å². The second kappa shape index (κ2) is 5.67. The van der Waals surface area contributed by atoms with Crippen LogP contribution in [0.2, 0.25) is 0 Å². The quantitative estimate of drug-likeness (QED) is 0.522. The van der Waals surface area contributed by atoms with Gasteiger partial charge in [-0.3, -0.25) is 0 Å². The van der Waals surface area contributed by atoms with Crippen molar-refractivity contribution in [2.45, 2.75) is 27.2 Å². The van der Waals surface area contributed by atoms with Crippen molar-refractivity contribution in [2.75, 3.05) is 13.1 Å². The SMILES string of the molecule is CC.CCN1C=CCC1. The van der Waals surface area contributed by atoms with Crippen molar-refractivity contribution >= 4 is 0 Å². The number of rotatable bonds is 1. The summed E-state index contributed by atoms with van der Waals surface area (Å²) in [4.78, 5) is 2.31. The average molecular weight is 127 g/mol. The predicted octanol–water partition coefficient (Wildman–Crippen LogP) is 2.25. The highest BCUT2D eigenvalue weighted by Crippen LogP contribution is 2.00. The molecule has 0 aromatic carbocycles. The van der Waals surface area contributed by atoms with E-state index in [-0.39, 0.29) is 0 Å². The lowest BCUT2D eigenvalue weighted by molar-refractivity contribution is 0.430. The fraction of sp³-hybridized carbons (Fsp3) is 0.750. The van der Waals surface area contributed by atoms with Crippen LogP contribution in [0.3, 0.4) is 0 Å². The molecule has 1 nitrogen and oxygen atoms in total. The maximum absolute atomic E-state index is 2.31. The van der Waals surface area contributed by atoms with Crippen LogP contribution in [-0.4, -0.2) is 18.0 Å². The van der Waals surface area contributed by atoms with Gasteiger partial charge in [0.1, 0.15) is 0 Å². The standard InChI is InChI=1S/C6H11N.C2H6/c1-2-7-5-3-4-6-7;1-2/h3,5H,2,4,6H2,1H3;1-2H3. The van der Waals surface area contributed by atoms with Crippen LogP contribution < -0.4 is 0 Å². The van der Waals surface area contributed by atoms with Gasteiger partial charge < -0.3 is 4.90 Å². The molecule has 0 bridgehead atoms. The van der Waals surface area contributed by atoms with Gasteiger partial charge in [-0.15, -0.1) is 0 Å². The Kier molecular flexibility index (Phi) is 5.38. The first-order valence-corrected chi connectivity index (χ1v) is 3.84. The normalized spacial score (nSPS) is 15.2. The lowest BCUT2D eigenvalue weighted by Crippen LogP contribution is -2.12. The van der Waals surface area contributed by atoms with Crippen LogP contribution in [0.1, 0.15) is 27.2 Å². The van der Waals surface area contributed by atoms with E-state index in [2.05, 4.69) is 24.1 Å². The minimum absolute atomic E-state index is 1.16. The Morgan fingerprint density at radius 3 is 2.33 bits per heavy atom. The van der Waals surface area contributed by atoms with Crippen LogP contribution in [0.5, 0.6) is 0 Å². The highest BCUT2D eigenvalue weighted by atomic mass is 15.1. The van der Waals surface area contributed by atoms with Gasteiger partial charge in [-0.25, -0.2) is 0 Å². The molecule has 0 unspecified atom stereocenters. The van der Waals surface area contributed by atoms with Gasteiger partial charge in [-0.05, 0) is 19.5 Å². The lowest BCUT2D eigenvalue weighted by atomic mass is 10.5. The molecule has 0 amide bonds. The fourth-order valence-corrected chi connectivity index (χ4v) is 0.802. The molecule has 0 atom stereocenters. The molecule has 0 aliphatic carbocycles. The highest BCUT2D eigenvalue weighted by Gasteiger charge is 1.97. The summed E-state index contributed by atoms with van der Waals surface area (Å²) >= 11 is 0. The van der Waals surface area contributed by atoms with E-state index >= 15 is 0 Å². The Hall–Kier alpha value is -0.460. The van der Waals surface area contributed by atoms with Crippen LogP contribution in [0, 0.1) is 0 Å². The molecule has 0 aromatic rings. The van der Waals surface area contributed by atoms with Crippen molar-refractivity contribution in [1.29, 1.82) is 0 Å². The van der Waals surface area contributed by atoms with Gasteiger partial charge in [0.15, 0.2) is 0 Å². The van der Waals surface area contributed by atoms with Crippen LogP contribution >= 0.6 is 0 Å². The zero-order chi connectivity index (χ0) is 7.11. The molecule has 1 aliphatic rings. The molecule has 1 heterocycles. The van der Waals surface area contributed by atoms with Gasteiger partial charge in [-0.1, -0.05) is 19.9 Å². The van der Waals surface area contributed by atoms with Crippen molar-refractivity contribution in [3.8, 4) is 0 Å². The first-order valence-electron chi connectivity index (χ1n) is 3.84. The van der Waals surface area contributed by atoms with Crippen molar-refractivity contribution < 1.29 is 0 Å². The molecule has 0 saturated carbocycles. The lowest BCUT2D eigenvalue weighted by Gasteiger charge is -2.09. The summed E-state index contributed by atoms with van der Waals surface area (Å²) in [6.07, 6.45) is 5.62. The minimum Gasteiger partial charge on any atom is -0.378 e. The summed E-state index contributed by atoms with van der Waals surface area (Å²) in [5.41, 5.74) is 0. The van der Waals surface area contributed by atoms with Crippen LogP contribution in [-0.2, 0) is 0 Å². The molecule has 0 N–H and O–H groups in total. The molecular weight excluding hydrogens is 110 g/mol. The monoisotopic (exact) mass is 127 g/mol. The van der Waals surface area contributed by atoms with Crippen molar-refractivity contribution in [3.63, 3.8) is 0 Å². The summed E-state index contributed by atoms with van der Waals surface area (Å²) in [5, 5.41) is 0. The summed E-state index contributed by atoms with van der Waals surface area (Å²) in [7, 11) is 0. The Bertz CT molecular complexity index is 76.6. The summed E-state index contributed by atoms with van der Waals surface area (Å²) in [6.45, 7) is 8.57. The zero-order valence-corrected chi connectivity index (χ0v) is 6.72. The van der Waals surface area contributed by atoms with E-state index in [1.54, 1.807) is 0 Å². The average Bonchev–Trinajstić information content (AvgIpc) is 2.43. The number of hydrogen-bond donors (Lipinski definition) is 0. The Morgan fingerprint density at radius 2 is 2.11 bits per heavy atom. The van der Waals surface area contributed by atoms with E-state index in [9.17, 15) is 0 Å². The molecule has 9 heavy (non-hydrogen) atoms. The van der Waals surface area contributed by atoms with E-state index in [1.165, 1.54) is 13.0 Å². The Morgan fingerprint density at radius 1 is 1.44 bits per heavy atom. The number of hydrogen-bond acceptors (Lipinski definition) is 1. The van der Waals surface area contributed by atoms with E-state index in [0.29, 0.717) is 0 Å². The van der Waals surface area contributed by atoms with Crippen molar-refractivity contribution in [2.24, 2.45) is 0 Å². The van der Waals surface area contributed by atoms with Crippen LogP contribution in [0.4, 0.5) is 0 Å². The molecule has 0 spiro atoms. The molecule has 1 rings (SSSR count). The van der Waals surface area contributed by atoms with Gasteiger partial charge in [-0.2, -0.15) is 0 Å². The first-order chi connectivity index (χ1) is 4.43. The highest BCUT2D eigenvalue weighted by molar-refractivity contribution is 4.89. The molecule has 0 radical (unpaired) electrons. The second-order valence-corrected chi connectivity index (χ2v) is 1.80. The molecule has 1 heteroatoms. The van der Waals surface area contributed by atoms with Gasteiger partial charge >= 0.3 is 0 Å². The minimum atomic E-state index is 1.16. The molecule has 0 fully saturated rings. The second-order valence-electron chi connectivity index (χ2n) is 1.80. The Balaban J connectivity index is 0.000000291. The fourth-order valence-electron chi connectivity index (χ4n) is 0.802. The predicted molar refractivity (Wildman–Crippen MR) is 42.4 cm³/mol. The van der Waals surface area contributed by atoms with E-state index in [4.69, 9.17) is 0 Å². The van der Waals surface area contributed by atoms with Gasteiger partial charge in [0.05, 0.1) is 0 Å². The topological polar surface area (TPSA) is 3.24 Å². The molecule has 0 aromatic heterocycles. The smallest absolute Gasteiger partial charge is 0.0207 e. The Labute approximate surface area is 58.4 Å². The molecular formula is C8H17N. The molecule has 54 valence electrons. The summed E-state index contributed by atoms with van der Waals surface area (Å²) < 4.78 is 0. The first kappa shape index (κ1) is 8.54. The zero-order valence-electron chi connectivity index (χ0n) is 6.72. The number of nitrogens with zero attached hydrogens (tertiary/aromatic N) is 1. The van der Waals surface area contributed by atoms with E-state index in [1.807, 2.05) is 13.8 Å². The van der Waals surface area contributed by atoms with E-state index < -0.39 is 0 Å². The van der Waals surface area contributed by atoms with Gasteiger partial charge in [0, 0.05) is 13.1 Å². The van der Waals surface area contributed by atoms with Crippen LogP contribution in [0.25, 0.3) is 0 Å². The third-order valence-electron chi connectivity index (χ3n) is 1.31. The summed E-state index contributed by atoms with van der Waals surface area (Å²) in [5.74, 6) is 0. The third kappa shape index (κ3) is 3.17. The van der Waals surface area contributed by atoms with Crippen LogP contribution in [0.15, 0.2) is 12.3 Å². The summed E-state index contributed by atoms with van der Waals surface area (Å²) in [6, 6.07) is 0. The van der Waals surface area contributed by atoms with E-state index in [0.717, 1.165) is 6.54 Å². The third-order valence-corrected chi connectivity index (χ3v) is 1.31. The molecule has 1 aliphatic heterocycles. The van der Waals surface area contributed by atoms with Crippen molar-refractivity contribution in [1.82, 2.24) is 4.90 Å². The maximum Gasteiger partial charge on any atom is 0.0207 e. The molecule has 0 saturated heterocycles. The maximum atomic E-state index is 2.31. The van der Waals surface area contributed by atoms with Gasteiger partial charge in [0.25, 0.3) is 0 Å².